The van der Waals surface area contributed by atoms with Gasteiger partial charge in [-0.3, -0.25) is 4.79 Å². The Labute approximate surface area is 196 Å². The van der Waals surface area contributed by atoms with Crippen LogP contribution in [0, 0.1) is 0 Å². The number of amides is 1. The molecule has 0 spiro atoms. The van der Waals surface area contributed by atoms with Crippen LogP contribution in [-0.4, -0.2) is 26.3 Å². The molecule has 0 N–H and O–H groups in total. The molecule has 1 unspecified atom stereocenters. The highest BCUT2D eigenvalue weighted by atomic mass is 35.5. The van der Waals surface area contributed by atoms with Crippen LogP contribution in [0.3, 0.4) is 0 Å². The summed E-state index contributed by atoms with van der Waals surface area (Å²) in [5, 5.41) is 8.82. The van der Waals surface area contributed by atoms with Gasteiger partial charge in [0.05, 0.1) is 5.25 Å². The molecule has 3 aromatic carbocycles. The summed E-state index contributed by atoms with van der Waals surface area (Å²) in [6, 6.07) is 27.2. The minimum atomic E-state index is -0.388. The van der Waals surface area contributed by atoms with E-state index in [9.17, 15) is 4.79 Å². The maximum absolute atomic E-state index is 13.4. The van der Waals surface area contributed by atoms with E-state index in [-0.39, 0.29) is 11.2 Å². The number of thioether (sulfide) groups is 1. The molecule has 0 aliphatic rings. The number of hydrogen-bond donors (Lipinski definition) is 0. The Morgan fingerprint density at radius 2 is 1.47 bits per heavy atom. The van der Waals surface area contributed by atoms with Crippen molar-refractivity contribution in [3.05, 3.63) is 101 Å². The molecule has 1 atom stereocenters. The number of benzene rings is 3. The predicted molar refractivity (Wildman–Crippen MR) is 127 cm³/mol. The summed E-state index contributed by atoms with van der Waals surface area (Å²) in [4.78, 5) is 15.2. The van der Waals surface area contributed by atoms with Gasteiger partial charge >= 0.3 is 0 Å². The minimum Gasteiger partial charge on any atom is -0.411 e. The van der Waals surface area contributed by atoms with Crippen molar-refractivity contribution in [2.24, 2.45) is 0 Å². The van der Waals surface area contributed by atoms with Crippen molar-refractivity contribution in [1.82, 2.24) is 15.1 Å². The quantitative estimate of drug-likeness (QED) is 0.295. The average Bonchev–Trinajstić information content (AvgIpc) is 3.28. The number of hydrogen-bond acceptors (Lipinski definition) is 5. The molecule has 0 aliphatic carbocycles. The number of rotatable bonds is 8. The zero-order valence-electron chi connectivity index (χ0n) is 17.5. The number of carbonyl (C=O) groups excluding carboxylic acids is 1. The lowest BCUT2D eigenvalue weighted by Gasteiger charge is -2.25. The molecule has 0 aliphatic heterocycles. The van der Waals surface area contributed by atoms with E-state index in [1.807, 2.05) is 84.6 Å². The molecule has 1 heterocycles. The van der Waals surface area contributed by atoms with Crippen LogP contribution in [0.5, 0.6) is 0 Å². The second-order valence-corrected chi connectivity index (χ2v) is 9.03. The van der Waals surface area contributed by atoms with E-state index in [0.29, 0.717) is 29.2 Å². The summed E-state index contributed by atoms with van der Waals surface area (Å²) < 4.78 is 5.77. The third-order valence-corrected chi connectivity index (χ3v) is 6.04. The SMILES string of the molecule is CC(Sc1nnc(-c2ccc(Cl)cc2)o1)C(=O)N(Cc1ccccc1)Cc1ccccc1. The summed E-state index contributed by atoms with van der Waals surface area (Å²) >= 11 is 7.20. The third-order valence-electron chi connectivity index (χ3n) is 4.87. The van der Waals surface area contributed by atoms with Crippen molar-refractivity contribution >= 4 is 29.3 Å². The van der Waals surface area contributed by atoms with Crippen molar-refractivity contribution in [1.29, 1.82) is 0 Å². The average molecular weight is 464 g/mol. The standard InChI is InChI=1S/C25H22ClN3O2S/c1-18(32-25-28-27-23(31-25)21-12-14-22(26)15-13-21)24(30)29(16-19-8-4-2-5-9-19)17-20-10-6-3-7-11-20/h2-15,18H,16-17H2,1H3. The van der Waals surface area contributed by atoms with E-state index < -0.39 is 0 Å². The van der Waals surface area contributed by atoms with Gasteiger partial charge in [-0.25, -0.2) is 0 Å². The summed E-state index contributed by atoms with van der Waals surface area (Å²) in [5.41, 5.74) is 2.94. The van der Waals surface area contributed by atoms with Crippen LogP contribution >= 0.6 is 23.4 Å². The van der Waals surface area contributed by atoms with Crippen LogP contribution < -0.4 is 0 Å². The Bertz CT molecular complexity index is 1110. The minimum absolute atomic E-state index is 0.00829. The van der Waals surface area contributed by atoms with Gasteiger partial charge in [-0.05, 0) is 42.3 Å². The first-order valence-electron chi connectivity index (χ1n) is 10.2. The van der Waals surface area contributed by atoms with E-state index in [0.717, 1.165) is 16.7 Å². The molecule has 4 aromatic rings. The molecule has 5 nitrogen and oxygen atoms in total. The van der Waals surface area contributed by atoms with Crippen molar-refractivity contribution in [3.63, 3.8) is 0 Å². The molecule has 1 amide bonds. The number of halogens is 1. The van der Waals surface area contributed by atoms with E-state index in [2.05, 4.69) is 10.2 Å². The molecule has 162 valence electrons. The molecule has 0 saturated carbocycles. The Hall–Kier alpha value is -3.09. The van der Waals surface area contributed by atoms with Crippen LogP contribution in [0.2, 0.25) is 5.02 Å². The first-order chi connectivity index (χ1) is 15.6. The Morgan fingerprint density at radius 3 is 2.03 bits per heavy atom. The van der Waals surface area contributed by atoms with Gasteiger partial charge in [-0.2, -0.15) is 0 Å². The molecule has 7 heteroatoms. The van der Waals surface area contributed by atoms with Crippen LogP contribution in [0.1, 0.15) is 18.1 Å². The van der Waals surface area contributed by atoms with E-state index in [1.165, 1.54) is 11.8 Å². The Kier molecular flexibility index (Phi) is 7.24. The second-order valence-electron chi connectivity index (χ2n) is 7.31. The van der Waals surface area contributed by atoms with E-state index >= 15 is 0 Å². The summed E-state index contributed by atoms with van der Waals surface area (Å²) in [5.74, 6) is 0.406. The van der Waals surface area contributed by atoms with Crippen molar-refractivity contribution in [2.45, 2.75) is 30.5 Å². The zero-order chi connectivity index (χ0) is 22.3. The molecule has 0 saturated heterocycles. The maximum atomic E-state index is 13.4. The number of nitrogens with zero attached hydrogens (tertiary/aromatic N) is 3. The van der Waals surface area contributed by atoms with Gasteiger partial charge < -0.3 is 9.32 Å². The largest absolute Gasteiger partial charge is 0.411 e. The zero-order valence-corrected chi connectivity index (χ0v) is 19.1. The highest BCUT2D eigenvalue weighted by Crippen LogP contribution is 2.28. The second kappa shape index (κ2) is 10.5. The van der Waals surface area contributed by atoms with E-state index in [4.69, 9.17) is 16.0 Å². The highest BCUT2D eigenvalue weighted by molar-refractivity contribution is 8.00. The molecule has 0 bridgehead atoms. The van der Waals surface area contributed by atoms with Crippen LogP contribution in [0.25, 0.3) is 11.5 Å². The summed E-state index contributed by atoms with van der Waals surface area (Å²) in [7, 11) is 0. The first kappa shape index (κ1) is 22.1. The first-order valence-corrected chi connectivity index (χ1v) is 11.5. The van der Waals surface area contributed by atoms with Gasteiger partial charge in [0.2, 0.25) is 11.8 Å². The van der Waals surface area contributed by atoms with Crippen LogP contribution in [-0.2, 0) is 17.9 Å². The molecular formula is C25H22ClN3O2S. The molecule has 0 fully saturated rings. The van der Waals surface area contributed by atoms with Crippen molar-refractivity contribution in [3.8, 4) is 11.5 Å². The van der Waals surface area contributed by atoms with E-state index in [1.54, 1.807) is 12.1 Å². The van der Waals surface area contributed by atoms with Gasteiger partial charge in [0.25, 0.3) is 5.22 Å². The third kappa shape index (κ3) is 5.78. The fourth-order valence-electron chi connectivity index (χ4n) is 3.24. The lowest BCUT2D eigenvalue weighted by Crippen LogP contribution is -2.35. The van der Waals surface area contributed by atoms with Crippen LogP contribution in [0.4, 0.5) is 0 Å². The summed E-state index contributed by atoms with van der Waals surface area (Å²) in [6.45, 7) is 2.92. The smallest absolute Gasteiger partial charge is 0.277 e. The fraction of sp³-hybridized carbons (Fsp3) is 0.160. The van der Waals surface area contributed by atoms with Crippen LogP contribution in [0.15, 0.2) is 94.6 Å². The monoisotopic (exact) mass is 463 g/mol. The van der Waals surface area contributed by atoms with Gasteiger partial charge in [0.1, 0.15) is 0 Å². The highest BCUT2D eigenvalue weighted by Gasteiger charge is 2.24. The molecule has 32 heavy (non-hydrogen) atoms. The lowest BCUT2D eigenvalue weighted by molar-refractivity contribution is -0.131. The normalized spacial score (nSPS) is 11.8. The maximum Gasteiger partial charge on any atom is 0.277 e. The predicted octanol–water partition coefficient (Wildman–Crippen LogP) is 6.10. The Morgan fingerprint density at radius 1 is 0.906 bits per heavy atom. The topological polar surface area (TPSA) is 59.2 Å². The Balaban J connectivity index is 1.48. The lowest BCUT2D eigenvalue weighted by atomic mass is 10.1. The van der Waals surface area contributed by atoms with Gasteiger partial charge in [0, 0.05) is 23.7 Å². The van der Waals surface area contributed by atoms with Crippen molar-refractivity contribution < 1.29 is 9.21 Å². The van der Waals surface area contributed by atoms with Gasteiger partial charge in [-0.15, -0.1) is 10.2 Å². The van der Waals surface area contributed by atoms with Gasteiger partial charge in [0.15, 0.2) is 0 Å². The molecule has 0 radical (unpaired) electrons. The fourth-order valence-corrected chi connectivity index (χ4v) is 4.14. The van der Waals surface area contributed by atoms with Gasteiger partial charge in [-0.1, -0.05) is 84.0 Å². The molecule has 4 rings (SSSR count). The van der Waals surface area contributed by atoms with Crippen molar-refractivity contribution in [2.75, 3.05) is 0 Å². The number of carbonyl (C=O) groups is 1. The summed E-state index contributed by atoms with van der Waals surface area (Å²) in [6.07, 6.45) is 0. The molecule has 1 aromatic heterocycles. The number of aromatic nitrogens is 2. The molecular weight excluding hydrogens is 442 g/mol.